The van der Waals surface area contributed by atoms with Crippen LogP contribution in [0.25, 0.3) is 0 Å². The minimum absolute atomic E-state index is 0.0216. The van der Waals surface area contributed by atoms with Crippen molar-refractivity contribution in [3.63, 3.8) is 0 Å². The molecule has 0 spiro atoms. The number of carbonyl (C=O) groups excluding carboxylic acids is 1. The molecule has 2 fully saturated rings. The monoisotopic (exact) mass is 357 g/mol. The maximum absolute atomic E-state index is 14.2. The maximum Gasteiger partial charge on any atom is 0.335 e. The van der Waals surface area contributed by atoms with E-state index in [1.54, 1.807) is 0 Å². The van der Waals surface area contributed by atoms with Crippen molar-refractivity contribution in [2.24, 2.45) is 0 Å². The van der Waals surface area contributed by atoms with E-state index >= 15 is 0 Å². The predicted octanol–water partition coefficient (Wildman–Crippen LogP) is 2.10. The summed E-state index contributed by atoms with van der Waals surface area (Å²) in [6.45, 7) is -0.278. The molecule has 0 aromatic heterocycles. The molecular weight excluding hydrogens is 345 g/mol. The van der Waals surface area contributed by atoms with Gasteiger partial charge in [-0.25, -0.2) is 9.18 Å². The lowest BCUT2D eigenvalue weighted by molar-refractivity contribution is -0.174. The Bertz CT molecular complexity index is 605. The fourth-order valence-corrected chi connectivity index (χ4v) is 3.05. The first-order chi connectivity index (χ1) is 9.99. The van der Waals surface area contributed by atoms with E-state index in [9.17, 15) is 19.1 Å². The minimum Gasteiger partial charge on any atom is -0.479 e. The van der Waals surface area contributed by atoms with Gasteiger partial charge in [-0.3, -0.25) is 4.79 Å². The zero-order chi connectivity index (χ0) is 15.1. The molecule has 7 heteroatoms. The Hall–Kier alpha value is -1.47. The van der Waals surface area contributed by atoms with E-state index in [0.29, 0.717) is 4.47 Å². The van der Waals surface area contributed by atoms with Crippen molar-refractivity contribution in [2.45, 2.75) is 31.0 Å². The fourth-order valence-electron chi connectivity index (χ4n) is 2.67. The van der Waals surface area contributed by atoms with E-state index in [1.807, 2.05) is 0 Å². The summed E-state index contributed by atoms with van der Waals surface area (Å²) >= 11 is 3.25. The van der Waals surface area contributed by atoms with Gasteiger partial charge in [0.15, 0.2) is 6.10 Å². The highest BCUT2D eigenvalue weighted by Crippen LogP contribution is 2.40. The first kappa shape index (κ1) is 14.5. The van der Waals surface area contributed by atoms with Crippen LogP contribution in [0.15, 0.2) is 22.7 Å². The number of morpholine rings is 1. The second-order valence-corrected chi connectivity index (χ2v) is 6.13. The van der Waals surface area contributed by atoms with Crippen molar-refractivity contribution in [3.8, 4) is 0 Å². The molecule has 2 atom stereocenters. The highest BCUT2D eigenvalue weighted by atomic mass is 79.9. The van der Waals surface area contributed by atoms with Crippen LogP contribution < -0.4 is 0 Å². The van der Waals surface area contributed by atoms with Gasteiger partial charge in [-0.15, -0.1) is 0 Å². The summed E-state index contributed by atoms with van der Waals surface area (Å²) in [6.07, 6.45) is 0.362. The summed E-state index contributed by atoms with van der Waals surface area (Å²) in [5.74, 6) is -2.03. The Morgan fingerprint density at radius 2 is 2.14 bits per heavy atom. The average Bonchev–Trinajstić information content (AvgIpc) is 3.25. The van der Waals surface area contributed by atoms with Crippen LogP contribution in [-0.2, 0) is 14.3 Å². The van der Waals surface area contributed by atoms with Crippen LogP contribution in [0.4, 0.5) is 4.39 Å². The molecule has 1 aromatic carbocycles. The zero-order valence-electron chi connectivity index (χ0n) is 11.0. The number of halogens is 2. The molecule has 1 amide bonds. The maximum atomic E-state index is 14.2. The largest absolute Gasteiger partial charge is 0.479 e. The lowest BCUT2D eigenvalue weighted by Gasteiger charge is -2.39. The van der Waals surface area contributed by atoms with Gasteiger partial charge in [0.1, 0.15) is 12.4 Å². The third-order valence-corrected chi connectivity index (χ3v) is 4.21. The quantitative estimate of drug-likeness (QED) is 0.899. The summed E-state index contributed by atoms with van der Waals surface area (Å²) < 4.78 is 19.9. The third kappa shape index (κ3) is 2.67. The van der Waals surface area contributed by atoms with Crippen molar-refractivity contribution >= 4 is 27.8 Å². The van der Waals surface area contributed by atoms with E-state index in [-0.39, 0.29) is 24.1 Å². The van der Waals surface area contributed by atoms with E-state index in [1.165, 1.54) is 23.1 Å². The molecule has 1 saturated heterocycles. The zero-order valence-corrected chi connectivity index (χ0v) is 12.5. The molecule has 2 unspecified atom stereocenters. The van der Waals surface area contributed by atoms with E-state index in [0.717, 1.165) is 12.8 Å². The summed E-state index contributed by atoms with van der Waals surface area (Å²) in [6, 6.07) is 3.33. The Morgan fingerprint density at radius 1 is 1.43 bits per heavy atom. The van der Waals surface area contributed by atoms with Crippen molar-refractivity contribution < 1.29 is 23.8 Å². The summed E-state index contributed by atoms with van der Waals surface area (Å²) in [5.41, 5.74) is 0.164. The van der Waals surface area contributed by atoms with E-state index in [4.69, 9.17) is 4.74 Å². The van der Waals surface area contributed by atoms with Crippen LogP contribution in [0.2, 0.25) is 0 Å². The smallest absolute Gasteiger partial charge is 0.335 e. The Morgan fingerprint density at radius 3 is 2.76 bits per heavy atom. The lowest BCUT2D eigenvalue weighted by atomic mass is 9.97. The summed E-state index contributed by atoms with van der Waals surface area (Å²) in [4.78, 5) is 25.0. The van der Waals surface area contributed by atoms with Gasteiger partial charge in [-0.05, 0) is 31.0 Å². The Kier molecular flexibility index (Phi) is 3.71. The molecule has 3 rings (SSSR count). The second kappa shape index (κ2) is 5.38. The van der Waals surface area contributed by atoms with Gasteiger partial charge < -0.3 is 14.7 Å². The second-order valence-electron chi connectivity index (χ2n) is 5.21. The van der Waals surface area contributed by atoms with Gasteiger partial charge in [-0.1, -0.05) is 15.9 Å². The molecule has 112 valence electrons. The van der Waals surface area contributed by atoms with Gasteiger partial charge in [0, 0.05) is 16.1 Å². The SMILES string of the molecule is O=C(O)C1OCC(=O)N(C2CC2)C1c1cc(Br)ccc1F. The van der Waals surface area contributed by atoms with Crippen LogP contribution in [0.3, 0.4) is 0 Å². The van der Waals surface area contributed by atoms with Crippen LogP contribution in [0.1, 0.15) is 24.4 Å². The Balaban J connectivity index is 2.08. The molecule has 21 heavy (non-hydrogen) atoms. The van der Waals surface area contributed by atoms with Gasteiger partial charge in [0.2, 0.25) is 5.91 Å². The van der Waals surface area contributed by atoms with Crippen LogP contribution >= 0.6 is 15.9 Å². The normalized spacial score (nSPS) is 26.0. The number of carboxylic acids is 1. The molecule has 2 aliphatic rings. The third-order valence-electron chi connectivity index (χ3n) is 3.72. The highest BCUT2D eigenvalue weighted by molar-refractivity contribution is 9.10. The number of benzene rings is 1. The van der Waals surface area contributed by atoms with Crippen LogP contribution in [0, 0.1) is 5.82 Å². The molecule has 1 aliphatic heterocycles. The highest BCUT2D eigenvalue weighted by Gasteiger charge is 2.48. The van der Waals surface area contributed by atoms with Crippen molar-refractivity contribution in [2.75, 3.05) is 6.61 Å². The number of ether oxygens (including phenoxy) is 1. The van der Waals surface area contributed by atoms with Crippen LogP contribution in [-0.4, -0.2) is 40.6 Å². The minimum atomic E-state index is -1.26. The van der Waals surface area contributed by atoms with Gasteiger partial charge in [0.05, 0.1) is 6.04 Å². The number of rotatable bonds is 3. The van der Waals surface area contributed by atoms with Crippen molar-refractivity contribution in [1.82, 2.24) is 4.90 Å². The van der Waals surface area contributed by atoms with Gasteiger partial charge in [-0.2, -0.15) is 0 Å². The topological polar surface area (TPSA) is 66.8 Å². The van der Waals surface area contributed by atoms with E-state index < -0.39 is 23.9 Å². The molecule has 5 nitrogen and oxygen atoms in total. The standard InChI is InChI=1S/C14H13BrFNO4/c15-7-1-4-10(16)9(5-7)12-13(14(19)20)21-6-11(18)17(12)8-2-3-8/h1,4-5,8,12-13H,2-3,6H2,(H,19,20). The number of amides is 1. The number of hydrogen-bond donors (Lipinski definition) is 1. The van der Waals surface area contributed by atoms with Crippen molar-refractivity contribution in [3.05, 3.63) is 34.1 Å². The molecule has 0 radical (unpaired) electrons. The summed E-state index contributed by atoms with van der Waals surface area (Å²) in [7, 11) is 0. The number of nitrogens with zero attached hydrogens (tertiary/aromatic N) is 1. The molecular formula is C14H13BrFNO4. The van der Waals surface area contributed by atoms with Gasteiger partial charge in [0.25, 0.3) is 0 Å². The molecule has 1 N–H and O–H groups in total. The molecule has 1 aliphatic carbocycles. The molecule has 1 heterocycles. The number of carbonyl (C=O) groups is 2. The predicted molar refractivity (Wildman–Crippen MR) is 74.1 cm³/mol. The molecule has 0 bridgehead atoms. The van der Waals surface area contributed by atoms with Gasteiger partial charge >= 0.3 is 5.97 Å². The fraction of sp³-hybridized carbons (Fsp3) is 0.429. The number of carboxylic acid groups (broad SMARTS) is 1. The average molecular weight is 358 g/mol. The van der Waals surface area contributed by atoms with Crippen LogP contribution in [0.5, 0.6) is 0 Å². The first-order valence-electron chi connectivity index (χ1n) is 6.59. The Labute approximate surface area is 128 Å². The first-order valence-corrected chi connectivity index (χ1v) is 7.39. The number of aliphatic carboxylic acids is 1. The van der Waals surface area contributed by atoms with E-state index in [2.05, 4.69) is 15.9 Å². The number of hydrogen-bond acceptors (Lipinski definition) is 3. The summed E-state index contributed by atoms with van der Waals surface area (Å²) in [5, 5.41) is 9.34. The van der Waals surface area contributed by atoms with Crippen molar-refractivity contribution in [1.29, 1.82) is 0 Å². The molecule has 1 saturated carbocycles. The molecule has 1 aromatic rings. The lowest BCUT2D eigenvalue weighted by Crippen LogP contribution is -2.52.